The highest BCUT2D eigenvalue weighted by atomic mass is 35.5. The van der Waals surface area contributed by atoms with Crippen LogP contribution in [0, 0.1) is 0 Å². The van der Waals surface area contributed by atoms with E-state index in [0.717, 1.165) is 34.3 Å². The van der Waals surface area contributed by atoms with E-state index in [9.17, 15) is 18.0 Å². The summed E-state index contributed by atoms with van der Waals surface area (Å²) in [6.45, 7) is 0. The Morgan fingerprint density at radius 1 is 1.00 bits per heavy atom. The van der Waals surface area contributed by atoms with Gasteiger partial charge in [0.25, 0.3) is 0 Å². The zero-order chi connectivity index (χ0) is 21.3. The summed E-state index contributed by atoms with van der Waals surface area (Å²) in [5.74, 6) is 0. The molecule has 9 heteroatoms. The molecule has 0 spiro atoms. The van der Waals surface area contributed by atoms with Crippen LogP contribution in [0.3, 0.4) is 0 Å². The summed E-state index contributed by atoms with van der Waals surface area (Å²) in [6.07, 6.45) is -1.05. The minimum absolute atomic E-state index is 0.0225. The third-order valence-electron chi connectivity index (χ3n) is 4.42. The molecule has 0 atom stereocenters. The number of rotatable bonds is 3. The van der Waals surface area contributed by atoms with Crippen molar-refractivity contribution in [3.05, 3.63) is 77.6 Å². The van der Waals surface area contributed by atoms with Gasteiger partial charge in [0.2, 0.25) is 0 Å². The van der Waals surface area contributed by atoms with Crippen LogP contribution in [0.5, 0.6) is 0 Å². The second-order valence-electron chi connectivity index (χ2n) is 6.45. The molecule has 0 unspecified atom stereocenters. The Hall–Kier alpha value is -3.52. The molecule has 4 aromatic rings. The van der Waals surface area contributed by atoms with Crippen molar-refractivity contribution in [1.82, 2.24) is 9.97 Å². The third-order valence-corrected chi connectivity index (χ3v) is 4.75. The molecule has 2 amide bonds. The fourth-order valence-electron chi connectivity index (χ4n) is 3.02. The lowest BCUT2D eigenvalue weighted by Gasteiger charge is -2.12. The van der Waals surface area contributed by atoms with Crippen LogP contribution in [-0.4, -0.2) is 16.0 Å². The molecule has 3 N–H and O–H groups in total. The van der Waals surface area contributed by atoms with Crippen molar-refractivity contribution < 1.29 is 18.0 Å². The van der Waals surface area contributed by atoms with Gasteiger partial charge in [-0.15, -0.1) is 0 Å². The Morgan fingerprint density at radius 3 is 2.43 bits per heavy atom. The van der Waals surface area contributed by atoms with Gasteiger partial charge in [0, 0.05) is 29.3 Å². The quantitative estimate of drug-likeness (QED) is 0.345. The molecular weight excluding hydrogens is 417 g/mol. The monoisotopic (exact) mass is 430 g/mol. The maximum absolute atomic E-state index is 12.9. The first-order chi connectivity index (χ1) is 14.3. The number of pyridine rings is 1. The number of hydrogen-bond acceptors (Lipinski definition) is 2. The Bertz CT molecular complexity index is 1220. The van der Waals surface area contributed by atoms with Gasteiger partial charge in [-0.1, -0.05) is 23.7 Å². The van der Waals surface area contributed by atoms with Gasteiger partial charge in [-0.2, -0.15) is 13.2 Å². The summed E-state index contributed by atoms with van der Waals surface area (Å²) in [5, 5.41) is 4.52. The van der Waals surface area contributed by atoms with Crippen molar-refractivity contribution in [3.8, 4) is 11.1 Å². The van der Waals surface area contributed by atoms with E-state index < -0.39 is 22.8 Å². The predicted molar refractivity (Wildman–Crippen MR) is 111 cm³/mol. The molecule has 0 bridgehead atoms. The highest BCUT2D eigenvalue weighted by molar-refractivity contribution is 6.31. The van der Waals surface area contributed by atoms with E-state index in [1.54, 1.807) is 18.3 Å². The van der Waals surface area contributed by atoms with Crippen LogP contribution in [0.15, 0.2) is 67.0 Å². The highest BCUT2D eigenvalue weighted by Gasteiger charge is 2.33. The number of aromatic amines is 1. The van der Waals surface area contributed by atoms with E-state index in [0.29, 0.717) is 5.69 Å². The average Bonchev–Trinajstić information content (AvgIpc) is 3.13. The van der Waals surface area contributed by atoms with E-state index in [-0.39, 0.29) is 5.69 Å². The average molecular weight is 431 g/mol. The van der Waals surface area contributed by atoms with Crippen molar-refractivity contribution in [2.24, 2.45) is 0 Å². The molecular formula is C21H14ClF3N4O. The molecule has 2 aromatic heterocycles. The SMILES string of the molecule is O=C(Nc1ccc(-c2c[nH]c3cccnc23)cc1)Nc1ccc(Cl)c(C(F)(F)F)c1. The van der Waals surface area contributed by atoms with Crippen LogP contribution < -0.4 is 10.6 Å². The molecule has 2 aromatic carbocycles. The van der Waals surface area contributed by atoms with Gasteiger partial charge in [-0.05, 0) is 48.0 Å². The number of carbonyl (C=O) groups is 1. The number of halogens is 4. The van der Waals surface area contributed by atoms with Crippen LogP contribution in [0.25, 0.3) is 22.2 Å². The lowest BCUT2D eigenvalue weighted by Crippen LogP contribution is -2.19. The number of alkyl halides is 3. The Kier molecular flexibility index (Phi) is 5.09. The van der Waals surface area contributed by atoms with Gasteiger partial charge in [-0.25, -0.2) is 4.79 Å². The maximum atomic E-state index is 12.9. The van der Waals surface area contributed by atoms with Crippen molar-refractivity contribution in [1.29, 1.82) is 0 Å². The van der Waals surface area contributed by atoms with Crippen molar-refractivity contribution in [3.63, 3.8) is 0 Å². The number of hydrogen-bond donors (Lipinski definition) is 3. The molecule has 0 aliphatic carbocycles. The van der Waals surface area contributed by atoms with Crippen LogP contribution in [0.1, 0.15) is 5.56 Å². The number of H-pyrrole nitrogens is 1. The maximum Gasteiger partial charge on any atom is 0.417 e. The number of carbonyl (C=O) groups excluding carboxylic acids is 1. The van der Waals surface area contributed by atoms with Crippen LogP contribution in [0.2, 0.25) is 5.02 Å². The van der Waals surface area contributed by atoms with E-state index in [1.165, 1.54) is 6.07 Å². The lowest BCUT2D eigenvalue weighted by molar-refractivity contribution is -0.137. The largest absolute Gasteiger partial charge is 0.417 e. The molecule has 0 saturated carbocycles. The van der Waals surface area contributed by atoms with Crippen LogP contribution in [-0.2, 0) is 6.18 Å². The normalized spacial score (nSPS) is 11.5. The summed E-state index contributed by atoms with van der Waals surface area (Å²) >= 11 is 5.59. The summed E-state index contributed by atoms with van der Waals surface area (Å²) in [6, 6.07) is 13.3. The first-order valence-electron chi connectivity index (χ1n) is 8.78. The fourth-order valence-corrected chi connectivity index (χ4v) is 3.25. The van der Waals surface area contributed by atoms with Gasteiger partial charge in [0.15, 0.2) is 0 Å². The summed E-state index contributed by atoms with van der Waals surface area (Å²) in [7, 11) is 0. The number of anilines is 2. The van der Waals surface area contributed by atoms with Gasteiger partial charge >= 0.3 is 12.2 Å². The van der Waals surface area contributed by atoms with Crippen molar-refractivity contribution in [2.45, 2.75) is 6.18 Å². The standard InChI is InChI=1S/C21H14ClF3N4O/c22-17-8-7-14(10-16(17)21(23,24)25)29-20(30)28-13-5-3-12(4-6-13)15-11-27-18-2-1-9-26-19(15)18/h1-11,27H,(H2,28,29,30). The molecule has 5 nitrogen and oxygen atoms in total. The zero-order valence-corrected chi connectivity index (χ0v) is 16.0. The number of nitrogens with zero attached hydrogens (tertiary/aromatic N) is 1. The predicted octanol–water partition coefficient (Wildman–Crippen LogP) is 6.55. The minimum atomic E-state index is -4.61. The second kappa shape index (κ2) is 7.72. The highest BCUT2D eigenvalue weighted by Crippen LogP contribution is 2.36. The molecule has 0 saturated heterocycles. The fraction of sp³-hybridized carbons (Fsp3) is 0.0476. The number of aromatic nitrogens is 2. The van der Waals surface area contributed by atoms with Crippen molar-refractivity contribution in [2.75, 3.05) is 10.6 Å². The van der Waals surface area contributed by atoms with E-state index in [1.807, 2.05) is 30.5 Å². The minimum Gasteiger partial charge on any atom is -0.359 e. The van der Waals surface area contributed by atoms with Gasteiger partial charge in [0.1, 0.15) is 0 Å². The van der Waals surface area contributed by atoms with Gasteiger partial charge in [-0.3, -0.25) is 4.98 Å². The number of amides is 2. The number of nitrogens with one attached hydrogen (secondary N) is 3. The first kappa shape index (κ1) is 19.8. The van der Waals surface area contributed by atoms with E-state index in [4.69, 9.17) is 11.6 Å². The zero-order valence-electron chi connectivity index (χ0n) is 15.2. The van der Waals surface area contributed by atoms with Crippen LogP contribution in [0.4, 0.5) is 29.3 Å². The molecule has 4 rings (SSSR count). The molecule has 0 aliphatic rings. The topological polar surface area (TPSA) is 69.8 Å². The second-order valence-corrected chi connectivity index (χ2v) is 6.86. The lowest BCUT2D eigenvalue weighted by atomic mass is 10.1. The molecule has 152 valence electrons. The Morgan fingerprint density at radius 2 is 1.70 bits per heavy atom. The summed E-state index contributed by atoms with van der Waals surface area (Å²) in [5.41, 5.74) is 3.01. The van der Waals surface area contributed by atoms with Crippen LogP contribution >= 0.6 is 11.6 Å². The Labute approximate surface area is 173 Å². The molecule has 0 radical (unpaired) electrons. The van der Waals surface area contributed by atoms with Gasteiger partial charge < -0.3 is 15.6 Å². The van der Waals surface area contributed by atoms with Crippen molar-refractivity contribution >= 4 is 40.0 Å². The number of benzene rings is 2. The smallest absolute Gasteiger partial charge is 0.359 e. The third kappa shape index (κ3) is 4.08. The summed E-state index contributed by atoms with van der Waals surface area (Å²) in [4.78, 5) is 19.7. The molecule has 30 heavy (non-hydrogen) atoms. The van der Waals surface area contributed by atoms with E-state index >= 15 is 0 Å². The molecule has 0 fully saturated rings. The van der Waals surface area contributed by atoms with Gasteiger partial charge in [0.05, 0.1) is 21.6 Å². The number of urea groups is 1. The first-order valence-corrected chi connectivity index (χ1v) is 9.16. The number of fused-ring (bicyclic) bond motifs is 1. The Balaban J connectivity index is 1.47. The molecule has 0 aliphatic heterocycles. The summed E-state index contributed by atoms with van der Waals surface area (Å²) < 4.78 is 38.8. The van der Waals surface area contributed by atoms with E-state index in [2.05, 4.69) is 20.6 Å². The molecule has 2 heterocycles.